The van der Waals surface area contributed by atoms with Gasteiger partial charge in [0.05, 0.1) is 0 Å². The smallest absolute Gasteiger partial charge is 0.205 e. The minimum Gasteiger partial charge on any atom is -0.373 e. The maximum Gasteiger partial charge on any atom is 0.205 e. The first-order valence-electron chi connectivity index (χ1n) is 21.7. The summed E-state index contributed by atoms with van der Waals surface area (Å²) in [6.07, 6.45) is 28.2. The van der Waals surface area contributed by atoms with Gasteiger partial charge in [-0.25, -0.2) is 0 Å². The Morgan fingerprint density at radius 2 is 1.14 bits per heavy atom. The number of benzene rings is 1. The third-order valence-corrected chi connectivity index (χ3v) is 14.1. The van der Waals surface area contributed by atoms with Crippen molar-refractivity contribution >= 4 is 45.5 Å². The highest BCUT2D eigenvalue weighted by molar-refractivity contribution is 8.76. The van der Waals surface area contributed by atoms with E-state index in [2.05, 4.69) is 174 Å². The predicted octanol–water partition coefficient (Wildman–Crippen LogP) is 9.25. The molecule has 0 saturated carbocycles. The molecule has 6 nitrogen and oxygen atoms in total. The van der Waals surface area contributed by atoms with Crippen LogP contribution in [0.2, 0.25) is 0 Å². The van der Waals surface area contributed by atoms with Crippen LogP contribution in [-0.4, -0.2) is 91.7 Å². The highest BCUT2D eigenvalue weighted by Gasteiger charge is 2.19. The van der Waals surface area contributed by atoms with Crippen LogP contribution in [0.5, 0.6) is 0 Å². The number of hydrogen-bond donors (Lipinski definition) is 0. The fourth-order valence-corrected chi connectivity index (χ4v) is 10.4. The van der Waals surface area contributed by atoms with Crippen molar-refractivity contribution in [1.29, 1.82) is 0 Å². The van der Waals surface area contributed by atoms with E-state index >= 15 is 0 Å². The Morgan fingerprint density at radius 1 is 0.554 bits per heavy atom. The van der Waals surface area contributed by atoms with Crippen LogP contribution in [0, 0.1) is 0 Å². The zero-order chi connectivity index (χ0) is 38.6. The Labute approximate surface area is 347 Å². The van der Waals surface area contributed by atoms with Crippen LogP contribution in [0.1, 0.15) is 82.2 Å². The zero-order valence-electron chi connectivity index (χ0n) is 34.4. The number of unbranched alkanes of at least 4 members (excludes halogenated alkanes) is 2. The topological polar surface area (TPSA) is 20.7 Å². The van der Waals surface area contributed by atoms with Gasteiger partial charge in [-0.2, -0.15) is 9.13 Å². The van der Waals surface area contributed by atoms with Crippen molar-refractivity contribution in [2.45, 2.75) is 78.3 Å². The number of hydrogen-bond acceptors (Lipinski definition) is 6. The van der Waals surface area contributed by atoms with Crippen LogP contribution in [0.25, 0.3) is 18.2 Å². The fraction of sp³-hybridized carbons (Fsp3) is 0.500. The molecule has 2 aliphatic heterocycles. The third-order valence-electron chi connectivity index (χ3n) is 11.5. The minimum absolute atomic E-state index is 0.983. The van der Waals surface area contributed by atoms with E-state index in [9.17, 15) is 0 Å². The molecular weight excluding hydrogens is 725 g/mol. The first-order chi connectivity index (χ1) is 27.7. The summed E-state index contributed by atoms with van der Waals surface area (Å²) >= 11 is 0. The number of anilines is 1. The van der Waals surface area contributed by atoms with Gasteiger partial charge < -0.3 is 19.6 Å². The average molecular weight is 793 g/mol. The van der Waals surface area contributed by atoms with Gasteiger partial charge in [0.2, 0.25) is 11.4 Å². The Kier molecular flexibility index (Phi) is 18.0. The summed E-state index contributed by atoms with van der Waals surface area (Å²) in [5, 5.41) is 0. The molecule has 2 aromatic heterocycles. The summed E-state index contributed by atoms with van der Waals surface area (Å²) in [5.41, 5.74) is 8.10. The molecule has 0 unspecified atom stereocenters. The molecule has 0 amide bonds. The largest absolute Gasteiger partial charge is 0.373 e. The van der Waals surface area contributed by atoms with Crippen LogP contribution in [0.15, 0.2) is 103 Å². The zero-order valence-corrected chi connectivity index (χ0v) is 36.1. The van der Waals surface area contributed by atoms with Crippen molar-refractivity contribution < 1.29 is 9.13 Å². The van der Waals surface area contributed by atoms with Crippen LogP contribution in [-0.2, 0) is 13.1 Å². The lowest BCUT2D eigenvalue weighted by atomic mass is 10.0. The van der Waals surface area contributed by atoms with Gasteiger partial charge in [0.25, 0.3) is 0 Å². The van der Waals surface area contributed by atoms with Crippen molar-refractivity contribution in [3.63, 3.8) is 0 Å². The maximum atomic E-state index is 2.72. The summed E-state index contributed by atoms with van der Waals surface area (Å²) in [5.74, 6) is 2.57. The molecule has 1 aromatic carbocycles. The van der Waals surface area contributed by atoms with E-state index in [1.54, 1.807) is 0 Å². The SMILES string of the molecule is CC[n+]1ccccc1/C=C/C1=CC=C(N2CCCN(CCCCSSCCCCN3CCCN(c4ccc(/C=C/c5cccc[n+]5CC)cc4)CC3)CC2)CC1. The Bertz CT molecular complexity index is 1730. The van der Waals surface area contributed by atoms with E-state index in [4.69, 9.17) is 0 Å². The van der Waals surface area contributed by atoms with E-state index in [0.717, 1.165) is 39.0 Å². The highest BCUT2D eigenvalue weighted by atomic mass is 33.1. The Balaban J connectivity index is 0.780. The molecule has 0 radical (unpaired) electrons. The lowest BCUT2D eigenvalue weighted by Crippen LogP contribution is -2.34. The number of allylic oxidation sites excluding steroid dienone is 5. The molecule has 300 valence electrons. The molecule has 3 aromatic rings. The summed E-state index contributed by atoms with van der Waals surface area (Å²) in [4.78, 5) is 10.7. The molecule has 0 atom stereocenters. The highest BCUT2D eigenvalue weighted by Crippen LogP contribution is 2.26. The molecule has 0 bridgehead atoms. The van der Waals surface area contributed by atoms with Gasteiger partial charge >= 0.3 is 0 Å². The van der Waals surface area contributed by atoms with Crippen molar-refractivity contribution in [3.8, 4) is 0 Å². The monoisotopic (exact) mass is 792 g/mol. The molecule has 2 fully saturated rings. The number of rotatable bonds is 19. The summed E-state index contributed by atoms with van der Waals surface area (Å²) < 4.78 is 4.56. The molecule has 6 rings (SSSR count). The standard InChI is InChI=1S/C48H68N6S2/c1-3-51-33-7-5-15-45(51)23-17-43-19-25-47(26-20-43)53-35-13-31-49(37-39-53)29-9-11-41-55-56-42-12-10-30-50-32-14-36-54(40-38-50)48-27-21-44(22-28-48)18-24-46-16-6-8-34-52(46)4-2/h5-8,15-21,23-27,33-34H,3-4,9-14,22,28-32,35-42H2,1-2H3/q+2. The Hall–Kier alpha value is -3.30. The van der Waals surface area contributed by atoms with E-state index in [1.165, 1.54) is 136 Å². The van der Waals surface area contributed by atoms with Gasteiger partial charge in [-0.15, -0.1) is 0 Å². The van der Waals surface area contributed by atoms with Crippen molar-refractivity contribution in [2.75, 3.05) is 81.9 Å². The third kappa shape index (κ3) is 13.7. The minimum atomic E-state index is 0.983. The quantitative estimate of drug-likeness (QED) is 0.0681. The van der Waals surface area contributed by atoms with Gasteiger partial charge in [-0.1, -0.05) is 45.9 Å². The van der Waals surface area contributed by atoms with E-state index in [1.807, 2.05) is 0 Å². The molecule has 0 spiro atoms. The summed E-state index contributed by atoms with van der Waals surface area (Å²) in [6, 6.07) is 22.0. The van der Waals surface area contributed by atoms with Crippen molar-refractivity contribution in [2.24, 2.45) is 0 Å². The molecule has 56 heavy (non-hydrogen) atoms. The van der Waals surface area contributed by atoms with E-state index in [0.29, 0.717) is 0 Å². The van der Waals surface area contributed by atoms with Crippen LogP contribution in [0.4, 0.5) is 5.69 Å². The lowest BCUT2D eigenvalue weighted by Gasteiger charge is -2.28. The molecule has 1 aliphatic carbocycles. The van der Waals surface area contributed by atoms with E-state index < -0.39 is 0 Å². The lowest BCUT2D eigenvalue weighted by molar-refractivity contribution is -0.695. The van der Waals surface area contributed by atoms with Gasteiger partial charge in [0.1, 0.15) is 13.1 Å². The van der Waals surface area contributed by atoms with Crippen molar-refractivity contribution in [3.05, 3.63) is 120 Å². The number of pyridine rings is 2. The molecule has 8 heteroatoms. The number of nitrogens with zero attached hydrogens (tertiary/aromatic N) is 6. The van der Waals surface area contributed by atoms with Crippen LogP contribution < -0.4 is 14.0 Å². The second-order valence-corrected chi connectivity index (χ2v) is 18.1. The van der Waals surface area contributed by atoms with E-state index in [-0.39, 0.29) is 0 Å². The molecule has 0 N–H and O–H groups in total. The first kappa shape index (κ1) is 42.3. The molecule has 3 aliphatic rings. The summed E-state index contributed by atoms with van der Waals surface area (Å²) in [7, 11) is 4.21. The van der Waals surface area contributed by atoms with Crippen molar-refractivity contribution in [1.82, 2.24) is 14.7 Å². The second kappa shape index (κ2) is 23.8. The average Bonchev–Trinajstić information content (AvgIpc) is 3.64. The van der Waals surface area contributed by atoms with Gasteiger partial charge in [-0.05, 0) is 139 Å². The maximum absolute atomic E-state index is 2.72. The summed E-state index contributed by atoms with van der Waals surface area (Å²) in [6.45, 7) is 18.4. The first-order valence-corrected chi connectivity index (χ1v) is 24.2. The van der Waals surface area contributed by atoms with Gasteiger partial charge in [-0.3, -0.25) is 0 Å². The van der Waals surface area contributed by atoms with Gasteiger partial charge in [0.15, 0.2) is 12.4 Å². The van der Waals surface area contributed by atoms with Gasteiger partial charge in [0, 0.05) is 98.6 Å². The molecule has 2 saturated heterocycles. The normalized spacial score (nSPS) is 17.7. The number of aryl methyl sites for hydroxylation is 2. The fourth-order valence-electron chi connectivity index (χ4n) is 8.12. The predicted molar refractivity (Wildman–Crippen MR) is 244 cm³/mol. The Morgan fingerprint density at radius 3 is 1.73 bits per heavy atom. The second-order valence-electron chi connectivity index (χ2n) is 15.4. The number of aromatic nitrogens is 2. The van der Waals surface area contributed by atoms with Crippen LogP contribution >= 0.6 is 21.6 Å². The molecular formula is C48H68N6S2+2. The molecule has 4 heterocycles. The van der Waals surface area contributed by atoms with Crippen LogP contribution in [0.3, 0.4) is 0 Å².